The van der Waals surface area contributed by atoms with Crippen LogP contribution in [0.5, 0.6) is 0 Å². The first kappa shape index (κ1) is 11.9. The Morgan fingerprint density at radius 1 is 1.24 bits per heavy atom. The minimum atomic E-state index is 0.110. The lowest BCUT2D eigenvalue weighted by Gasteiger charge is -2.47. The van der Waals surface area contributed by atoms with E-state index in [0.717, 1.165) is 41.0 Å². The molecule has 5 heterocycles. The predicted octanol–water partition coefficient (Wildman–Crippen LogP) is 1.65. The van der Waals surface area contributed by atoms with Gasteiger partial charge in [-0.1, -0.05) is 0 Å². The Balaban J connectivity index is 1.57. The molecule has 0 spiro atoms. The van der Waals surface area contributed by atoms with Crippen LogP contribution in [-0.2, 0) is 6.42 Å². The van der Waals surface area contributed by atoms with Gasteiger partial charge in [0.05, 0.1) is 6.20 Å². The number of carbonyl (C=O) groups is 1. The highest BCUT2D eigenvalue weighted by atomic mass is 16.1. The molecule has 0 amide bonds. The summed E-state index contributed by atoms with van der Waals surface area (Å²) in [6, 6.07) is 0. The van der Waals surface area contributed by atoms with Crippen LogP contribution < -0.4 is 0 Å². The van der Waals surface area contributed by atoms with Gasteiger partial charge in [-0.2, -0.15) is 5.10 Å². The zero-order valence-corrected chi connectivity index (χ0v) is 11.9. The molecular weight excluding hydrogens is 264 g/mol. The van der Waals surface area contributed by atoms with Crippen molar-refractivity contribution in [2.24, 2.45) is 17.8 Å². The molecule has 3 aliphatic heterocycles. The van der Waals surface area contributed by atoms with Gasteiger partial charge in [-0.3, -0.25) is 14.9 Å². The Labute approximate surface area is 122 Å². The molecule has 5 heteroatoms. The summed E-state index contributed by atoms with van der Waals surface area (Å²) in [6.07, 6.45) is 6.80. The van der Waals surface area contributed by atoms with Crippen LogP contribution in [0.15, 0.2) is 12.4 Å². The molecule has 2 bridgehead atoms. The van der Waals surface area contributed by atoms with Gasteiger partial charge in [-0.25, -0.2) is 0 Å². The molecular formula is C16H18N4O. The highest BCUT2D eigenvalue weighted by Gasteiger charge is 2.43. The largest absolute Gasteiger partial charge is 0.303 e. The lowest BCUT2D eigenvalue weighted by Crippen LogP contribution is -2.51. The molecule has 2 aromatic heterocycles. The first-order valence-corrected chi connectivity index (χ1v) is 7.89. The van der Waals surface area contributed by atoms with Gasteiger partial charge >= 0.3 is 0 Å². The van der Waals surface area contributed by atoms with Crippen LogP contribution >= 0.6 is 0 Å². The molecule has 1 aliphatic carbocycles. The van der Waals surface area contributed by atoms with Gasteiger partial charge in [0.2, 0.25) is 0 Å². The van der Waals surface area contributed by atoms with Crippen molar-refractivity contribution >= 4 is 16.7 Å². The third kappa shape index (κ3) is 1.58. The third-order valence-electron chi connectivity index (χ3n) is 5.79. The van der Waals surface area contributed by atoms with Crippen molar-refractivity contribution in [3.8, 4) is 0 Å². The third-order valence-corrected chi connectivity index (χ3v) is 5.79. The first-order chi connectivity index (χ1) is 10.3. The zero-order valence-electron chi connectivity index (χ0n) is 11.9. The fraction of sp³-hybridized carbons (Fsp3) is 0.562. The Kier molecular flexibility index (Phi) is 2.33. The number of aromatic amines is 1. The van der Waals surface area contributed by atoms with Gasteiger partial charge in [-0.15, -0.1) is 0 Å². The van der Waals surface area contributed by atoms with E-state index >= 15 is 0 Å². The van der Waals surface area contributed by atoms with Crippen LogP contribution in [0.25, 0.3) is 10.9 Å². The summed E-state index contributed by atoms with van der Waals surface area (Å²) < 4.78 is 0. The van der Waals surface area contributed by atoms with Crippen molar-refractivity contribution in [1.82, 2.24) is 20.1 Å². The van der Waals surface area contributed by atoms with Crippen LogP contribution in [-0.4, -0.2) is 45.5 Å². The van der Waals surface area contributed by atoms with Crippen molar-refractivity contribution < 1.29 is 4.79 Å². The smallest absolute Gasteiger partial charge is 0.168 e. The lowest BCUT2D eigenvalue weighted by atomic mass is 9.67. The van der Waals surface area contributed by atoms with E-state index in [4.69, 9.17) is 0 Å². The van der Waals surface area contributed by atoms with Gasteiger partial charge in [0.1, 0.15) is 5.52 Å². The second-order valence-corrected chi connectivity index (χ2v) is 6.76. The first-order valence-electron chi connectivity index (χ1n) is 7.89. The summed E-state index contributed by atoms with van der Waals surface area (Å²) in [5, 5.41) is 8.44. The van der Waals surface area contributed by atoms with E-state index in [1.807, 2.05) is 0 Å². The number of nitrogens with zero attached hydrogens (tertiary/aromatic N) is 3. The molecule has 2 atom stereocenters. The van der Waals surface area contributed by atoms with Crippen molar-refractivity contribution in [3.63, 3.8) is 0 Å². The number of hydrogen-bond acceptors (Lipinski definition) is 4. The molecule has 21 heavy (non-hydrogen) atoms. The Morgan fingerprint density at radius 2 is 2.10 bits per heavy atom. The van der Waals surface area contributed by atoms with E-state index in [-0.39, 0.29) is 5.92 Å². The van der Waals surface area contributed by atoms with Crippen molar-refractivity contribution in [1.29, 1.82) is 0 Å². The Hall–Kier alpha value is -1.75. The van der Waals surface area contributed by atoms with Gasteiger partial charge in [0.15, 0.2) is 5.78 Å². The Morgan fingerprint density at radius 3 is 2.86 bits per heavy atom. The Bertz CT molecular complexity index is 729. The summed E-state index contributed by atoms with van der Waals surface area (Å²) in [6.45, 7) is 3.52. The number of hydrogen-bond donors (Lipinski definition) is 1. The van der Waals surface area contributed by atoms with Crippen LogP contribution in [0, 0.1) is 17.8 Å². The highest BCUT2D eigenvalue weighted by molar-refractivity contribution is 6.11. The number of Topliss-reactive ketones (excluding diaryl/α,β-unsaturated/α-hetero) is 1. The summed E-state index contributed by atoms with van der Waals surface area (Å²) >= 11 is 0. The van der Waals surface area contributed by atoms with Gasteiger partial charge in [0.25, 0.3) is 0 Å². The van der Waals surface area contributed by atoms with Crippen molar-refractivity contribution in [2.45, 2.75) is 19.3 Å². The van der Waals surface area contributed by atoms with Crippen LogP contribution in [0.1, 0.15) is 28.9 Å². The molecule has 3 fully saturated rings. The molecule has 5 nitrogen and oxygen atoms in total. The molecule has 1 unspecified atom stereocenters. The molecule has 3 saturated heterocycles. The van der Waals surface area contributed by atoms with Gasteiger partial charge in [-0.05, 0) is 37.8 Å². The SMILES string of the molecule is O=C1c2cncc3n[nH]c(c23)C[C@H]1C1CN2CCC1CC2. The number of nitrogens with one attached hydrogen (secondary N) is 1. The maximum absolute atomic E-state index is 13.0. The number of H-pyrrole nitrogens is 1. The monoisotopic (exact) mass is 282 g/mol. The number of rotatable bonds is 1. The second kappa shape index (κ2) is 4.13. The molecule has 6 rings (SSSR count). The predicted molar refractivity (Wildman–Crippen MR) is 78.1 cm³/mol. The van der Waals surface area contributed by atoms with Crippen LogP contribution in [0.2, 0.25) is 0 Å². The fourth-order valence-corrected chi connectivity index (χ4v) is 4.69. The molecule has 0 radical (unpaired) electrons. The van der Waals surface area contributed by atoms with Crippen molar-refractivity contribution in [3.05, 3.63) is 23.7 Å². The lowest BCUT2D eigenvalue weighted by molar-refractivity contribution is 0.0193. The maximum Gasteiger partial charge on any atom is 0.168 e. The van der Waals surface area contributed by atoms with E-state index in [1.165, 1.54) is 25.9 Å². The van der Waals surface area contributed by atoms with Crippen LogP contribution in [0.3, 0.4) is 0 Å². The highest BCUT2D eigenvalue weighted by Crippen LogP contribution is 2.42. The van der Waals surface area contributed by atoms with Gasteiger partial charge < -0.3 is 4.90 Å². The standard InChI is InChI=1S/C16H18N4O/c21-16-10(12-8-20-3-1-9(12)2-4-20)5-13-15-11(16)6-17-7-14(15)19-18-13/h6-7,9-10,12H,1-5,8H2,(H,18,19)/t10-,12?/m0/s1. The molecule has 108 valence electrons. The number of aromatic nitrogens is 3. The van der Waals surface area contributed by atoms with Crippen molar-refractivity contribution in [2.75, 3.05) is 19.6 Å². The number of pyridine rings is 1. The average Bonchev–Trinajstić information content (AvgIpc) is 2.96. The molecule has 4 aliphatic rings. The van der Waals surface area contributed by atoms with E-state index in [2.05, 4.69) is 20.1 Å². The van der Waals surface area contributed by atoms with E-state index in [9.17, 15) is 4.79 Å². The quantitative estimate of drug-likeness (QED) is 0.864. The number of ketones is 1. The summed E-state index contributed by atoms with van der Waals surface area (Å²) in [4.78, 5) is 19.7. The maximum atomic E-state index is 13.0. The minimum Gasteiger partial charge on any atom is -0.303 e. The summed E-state index contributed by atoms with van der Waals surface area (Å²) in [5.74, 6) is 1.63. The fourth-order valence-electron chi connectivity index (χ4n) is 4.69. The topological polar surface area (TPSA) is 61.9 Å². The summed E-state index contributed by atoms with van der Waals surface area (Å²) in [7, 11) is 0. The number of carbonyl (C=O) groups excluding carboxylic acids is 1. The van der Waals surface area contributed by atoms with E-state index < -0.39 is 0 Å². The molecule has 1 N–H and O–H groups in total. The average molecular weight is 282 g/mol. The van der Waals surface area contributed by atoms with E-state index in [0.29, 0.717) is 11.7 Å². The zero-order chi connectivity index (χ0) is 14.0. The molecule has 0 saturated carbocycles. The second-order valence-electron chi connectivity index (χ2n) is 6.76. The summed E-state index contributed by atoms with van der Waals surface area (Å²) in [5.41, 5.74) is 2.73. The minimum absolute atomic E-state index is 0.110. The number of piperidine rings is 3. The van der Waals surface area contributed by atoms with Gasteiger partial charge in [0, 0.05) is 41.7 Å². The molecule has 2 aromatic rings. The number of fused-ring (bicyclic) bond motifs is 3. The normalized spacial score (nSPS) is 34.6. The molecule has 0 aromatic carbocycles. The van der Waals surface area contributed by atoms with Crippen LogP contribution in [0.4, 0.5) is 0 Å². The van der Waals surface area contributed by atoms with E-state index in [1.54, 1.807) is 12.4 Å².